The molecule has 6 nitrogen and oxygen atoms in total. The molecule has 26 heavy (non-hydrogen) atoms. The summed E-state index contributed by atoms with van der Waals surface area (Å²) >= 11 is 5.88. The van der Waals surface area contributed by atoms with Crippen LogP contribution in [0.3, 0.4) is 0 Å². The molecule has 0 unspecified atom stereocenters. The number of nitrogens with zero attached hydrogens (tertiary/aromatic N) is 3. The summed E-state index contributed by atoms with van der Waals surface area (Å²) < 4.78 is 6.74. The number of carbonyl (C=O) groups excluding carboxylic acids is 2. The fraction of sp³-hybridized carbons (Fsp3) is 0.158. The van der Waals surface area contributed by atoms with Crippen LogP contribution in [0.4, 0.5) is 0 Å². The van der Waals surface area contributed by atoms with Crippen LogP contribution < -0.4 is 0 Å². The zero-order chi connectivity index (χ0) is 18.7. The van der Waals surface area contributed by atoms with Crippen molar-refractivity contribution in [2.75, 3.05) is 0 Å². The van der Waals surface area contributed by atoms with Gasteiger partial charge in [0.1, 0.15) is 5.82 Å². The van der Waals surface area contributed by atoms with Gasteiger partial charge >= 0.3 is 5.97 Å². The summed E-state index contributed by atoms with van der Waals surface area (Å²) in [6, 6.07) is 15.6. The minimum absolute atomic E-state index is 0.106. The second kappa shape index (κ2) is 7.49. The van der Waals surface area contributed by atoms with Crippen LogP contribution >= 0.6 is 11.6 Å². The van der Waals surface area contributed by atoms with Gasteiger partial charge in [0.05, 0.1) is 5.69 Å². The van der Waals surface area contributed by atoms with Crippen LogP contribution in [0.1, 0.15) is 33.7 Å². The number of esters is 1. The second-order valence-electron chi connectivity index (χ2n) is 5.65. The molecule has 2 aromatic carbocycles. The first kappa shape index (κ1) is 17.8. The van der Waals surface area contributed by atoms with Crippen LogP contribution in [0.5, 0.6) is 0 Å². The smallest absolute Gasteiger partial charge is 0.378 e. The Hall–Kier alpha value is -2.99. The molecule has 0 saturated heterocycles. The fourth-order valence-electron chi connectivity index (χ4n) is 2.41. The van der Waals surface area contributed by atoms with Gasteiger partial charge in [0.25, 0.3) is 5.82 Å². The highest BCUT2D eigenvalue weighted by molar-refractivity contribution is 6.30. The molecule has 0 amide bonds. The van der Waals surface area contributed by atoms with Crippen molar-refractivity contribution in [1.29, 1.82) is 0 Å². The number of hydrogen-bond acceptors (Lipinski definition) is 5. The normalized spacial score (nSPS) is 11.8. The van der Waals surface area contributed by atoms with Crippen molar-refractivity contribution in [3.8, 4) is 5.69 Å². The van der Waals surface area contributed by atoms with E-state index in [0.29, 0.717) is 22.1 Å². The molecule has 0 saturated carbocycles. The summed E-state index contributed by atoms with van der Waals surface area (Å²) in [6.45, 7) is 3.24. The van der Waals surface area contributed by atoms with Gasteiger partial charge in [0.15, 0.2) is 6.10 Å². The van der Waals surface area contributed by atoms with Crippen LogP contribution in [0, 0.1) is 6.92 Å². The van der Waals surface area contributed by atoms with Gasteiger partial charge in [0.2, 0.25) is 5.78 Å². The number of carbonyl (C=O) groups is 2. The maximum absolute atomic E-state index is 12.3. The molecule has 0 aliphatic rings. The Labute approximate surface area is 155 Å². The summed E-state index contributed by atoms with van der Waals surface area (Å²) in [5.74, 6) is -0.628. The number of ether oxygens (including phenoxy) is 1. The van der Waals surface area contributed by atoms with Crippen LogP contribution in [-0.4, -0.2) is 32.6 Å². The van der Waals surface area contributed by atoms with E-state index in [4.69, 9.17) is 16.3 Å². The monoisotopic (exact) mass is 369 g/mol. The molecule has 3 rings (SSSR count). The molecule has 0 aliphatic heterocycles. The SMILES string of the molecule is Cc1nc(C(=O)O[C@H](C)C(=O)c2ccccc2)nn1-c1ccc(Cl)cc1. The van der Waals surface area contributed by atoms with E-state index in [-0.39, 0.29) is 11.6 Å². The van der Waals surface area contributed by atoms with Crippen molar-refractivity contribution in [1.82, 2.24) is 14.8 Å². The highest BCUT2D eigenvalue weighted by atomic mass is 35.5. The second-order valence-corrected chi connectivity index (χ2v) is 6.09. The molecule has 1 aromatic heterocycles. The van der Waals surface area contributed by atoms with Crippen molar-refractivity contribution in [3.63, 3.8) is 0 Å². The van der Waals surface area contributed by atoms with Gasteiger partial charge in [-0.25, -0.2) is 14.5 Å². The number of rotatable bonds is 5. The summed E-state index contributed by atoms with van der Waals surface area (Å²) in [6.07, 6.45) is -0.937. The minimum Gasteiger partial charge on any atom is -0.448 e. The van der Waals surface area contributed by atoms with E-state index in [2.05, 4.69) is 10.1 Å². The Kier molecular flexibility index (Phi) is 5.14. The third-order valence-electron chi connectivity index (χ3n) is 3.73. The largest absolute Gasteiger partial charge is 0.448 e. The molecule has 0 N–H and O–H groups in total. The van der Waals surface area contributed by atoms with E-state index in [1.54, 1.807) is 55.5 Å². The van der Waals surface area contributed by atoms with Crippen molar-refractivity contribution < 1.29 is 14.3 Å². The van der Waals surface area contributed by atoms with E-state index in [0.717, 1.165) is 0 Å². The molecule has 3 aromatic rings. The number of ketones is 1. The molecule has 1 atom stereocenters. The van der Waals surface area contributed by atoms with Gasteiger partial charge in [0, 0.05) is 10.6 Å². The molecule has 0 radical (unpaired) electrons. The fourth-order valence-corrected chi connectivity index (χ4v) is 2.53. The number of benzene rings is 2. The van der Waals surface area contributed by atoms with Crippen molar-refractivity contribution in [2.24, 2.45) is 0 Å². The van der Waals surface area contributed by atoms with Crippen LogP contribution in [0.15, 0.2) is 54.6 Å². The molecule has 1 heterocycles. The zero-order valence-electron chi connectivity index (χ0n) is 14.2. The van der Waals surface area contributed by atoms with Gasteiger partial charge < -0.3 is 4.74 Å². The minimum atomic E-state index is -0.937. The molecule has 0 bridgehead atoms. The van der Waals surface area contributed by atoms with Crippen molar-refractivity contribution >= 4 is 23.4 Å². The molecule has 0 aliphatic carbocycles. The Balaban J connectivity index is 1.75. The maximum Gasteiger partial charge on any atom is 0.378 e. The lowest BCUT2D eigenvalue weighted by atomic mass is 10.1. The molecule has 7 heteroatoms. The lowest BCUT2D eigenvalue weighted by molar-refractivity contribution is 0.0307. The van der Waals surface area contributed by atoms with Crippen molar-refractivity contribution in [3.05, 3.63) is 76.8 Å². The summed E-state index contributed by atoms with van der Waals surface area (Å²) in [4.78, 5) is 28.7. The highest BCUT2D eigenvalue weighted by Gasteiger charge is 2.23. The predicted molar refractivity (Wildman–Crippen MR) is 96.8 cm³/mol. The Bertz CT molecular complexity index is 936. The predicted octanol–water partition coefficient (Wildman–Crippen LogP) is 3.66. The highest BCUT2D eigenvalue weighted by Crippen LogP contribution is 2.15. The topological polar surface area (TPSA) is 74.1 Å². The zero-order valence-corrected chi connectivity index (χ0v) is 15.0. The number of halogens is 1. The van der Waals surface area contributed by atoms with Crippen molar-refractivity contribution in [2.45, 2.75) is 20.0 Å². The average Bonchev–Trinajstić information content (AvgIpc) is 3.04. The standard InChI is InChI=1S/C19H16ClN3O3/c1-12(17(24)14-6-4-3-5-7-14)26-19(25)18-21-13(2)23(22-18)16-10-8-15(20)9-11-16/h3-12H,1-2H3/t12-/m1/s1. The lowest BCUT2D eigenvalue weighted by Crippen LogP contribution is -2.25. The third kappa shape index (κ3) is 3.81. The third-order valence-corrected chi connectivity index (χ3v) is 3.99. The van der Waals surface area contributed by atoms with Gasteiger partial charge in [-0.2, -0.15) is 0 Å². The van der Waals surface area contributed by atoms with Gasteiger partial charge in [-0.1, -0.05) is 41.9 Å². The van der Waals surface area contributed by atoms with Crippen LogP contribution in [-0.2, 0) is 4.74 Å². The quantitative estimate of drug-likeness (QED) is 0.507. The Morgan fingerprint density at radius 2 is 1.73 bits per heavy atom. The summed E-state index contributed by atoms with van der Waals surface area (Å²) in [5, 5.41) is 4.77. The van der Waals surface area contributed by atoms with Gasteiger partial charge in [-0.05, 0) is 38.1 Å². The first-order chi connectivity index (χ1) is 12.5. The average molecular weight is 370 g/mol. The number of hydrogen-bond donors (Lipinski definition) is 0. The van der Waals surface area contributed by atoms with Crippen LogP contribution in [0.2, 0.25) is 5.02 Å². The number of aryl methyl sites for hydroxylation is 1. The van der Waals surface area contributed by atoms with E-state index in [1.165, 1.54) is 11.6 Å². The van der Waals surface area contributed by atoms with Gasteiger partial charge in [-0.15, -0.1) is 5.10 Å². The molecule has 0 spiro atoms. The van der Waals surface area contributed by atoms with Crippen LogP contribution in [0.25, 0.3) is 5.69 Å². The van der Waals surface area contributed by atoms with Gasteiger partial charge in [-0.3, -0.25) is 4.79 Å². The van der Waals surface area contributed by atoms with E-state index in [1.807, 2.05) is 6.07 Å². The molecule has 0 fully saturated rings. The molecular weight excluding hydrogens is 354 g/mol. The van der Waals surface area contributed by atoms with E-state index < -0.39 is 12.1 Å². The first-order valence-corrected chi connectivity index (χ1v) is 8.33. The number of Topliss-reactive ketones (excluding diaryl/α,β-unsaturated/α-hetero) is 1. The Morgan fingerprint density at radius 3 is 2.38 bits per heavy atom. The molecule has 132 valence electrons. The first-order valence-electron chi connectivity index (χ1n) is 7.95. The van der Waals surface area contributed by atoms with E-state index in [9.17, 15) is 9.59 Å². The summed E-state index contributed by atoms with van der Waals surface area (Å²) in [5.41, 5.74) is 1.19. The Morgan fingerprint density at radius 1 is 1.08 bits per heavy atom. The van der Waals surface area contributed by atoms with E-state index >= 15 is 0 Å². The summed E-state index contributed by atoms with van der Waals surface area (Å²) in [7, 11) is 0. The maximum atomic E-state index is 12.3. The molecular formula is C19H16ClN3O3. The number of aromatic nitrogens is 3. The lowest BCUT2D eigenvalue weighted by Gasteiger charge is -2.10.